The minimum absolute atomic E-state index is 0.0554. The van der Waals surface area contributed by atoms with Crippen molar-refractivity contribution in [2.24, 2.45) is 0 Å². The van der Waals surface area contributed by atoms with Gasteiger partial charge in [0.2, 0.25) is 10.0 Å². The molecule has 1 fully saturated rings. The van der Waals surface area contributed by atoms with Gasteiger partial charge in [-0.05, 0) is 48.0 Å². The summed E-state index contributed by atoms with van der Waals surface area (Å²) in [7, 11) is -3.63. The second-order valence-electron chi connectivity index (χ2n) is 8.30. The first kappa shape index (κ1) is 25.6. The summed E-state index contributed by atoms with van der Waals surface area (Å²) < 4.78 is 26.2. The number of carbonyl (C=O) groups is 1. The molecule has 1 amide bonds. The van der Waals surface area contributed by atoms with E-state index in [1.165, 1.54) is 4.31 Å². The lowest BCUT2D eigenvalue weighted by atomic mass is 10.1. The van der Waals surface area contributed by atoms with Crippen LogP contribution in [0.5, 0.6) is 0 Å². The van der Waals surface area contributed by atoms with Crippen molar-refractivity contribution in [3.05, 3.63) is 92.9 Å². The number of hydrogen-bond donors (Lipinski definition) is 0. The highest BCUT2D eigenvalue weighted by Gasteiger charge is 2.24. The lowest BCUT2D eigenvalue weighted by Gasteiger charge is -2.36. The van der Waals surface area contributed by atoms with E-state index in [-0.39, 0.29) is 22.5 Å². The predicted octanol–water partition coefficient (Wildman–Crippen LogP) is 5.58. The van der Waals surface area contributed by atoms with Crippen LogP contribution in [-0.4, -0.2) is 51.7 Å². The number of benzene rings is 3. The van der Waals surface area contributed by atoms with Crippen molar-refractivity contribution >= 4 is 62.1 Å². The molecule has 0 aliphatic carbocycles. The van der Waals surface area contributed by atoms with Gasteiger partial charge in [0.25, 0.3) is 5.91 Å². The van der Waals surface area contributed by atoms with Gasteiger partial charge in [0.15, 0.2) is 0 Å². The Morgan fingerprint density at radius 2 is 1.57 bits per heavy atom. The second kappa shape index (κ2) is 10.7. The van der Waals surface area contributed by atoms with Gasteiger partial charge in [-0.1, -0.05) is 59.1 Å². The van der Waals surface area contributed by atoms with Crippen LogP contribution in [0.4, 0.5) is 11.4 Å². The van der Waals surface area contributed by atoms with Gasteiger partial charge in [0, 0.05) is 42.5 Å². The highest BCUT2D eigenvalue weighted by atomic mass is 35.5. The van der Waals surface area contributed by atoms with Crippen molar-refractivity contribution in [3.8, 4) is 0 Å². The van der Waals surface area contributed by atoms with E-state index >= 15 is 0 Å². The van der Waals surface area contributed by atoms with Crippen LogP contribution in [0.15, 0.2) is 66.7 Å². The Morgan fingerprint density at radius 1 is 0.914 bits per heavy atom. The molecule has 4 rings (SSSR count). The van der Waals surface area contributed by atoms with E-state index in [0.29, 0.717) is 48.0 Å². The van der Waals surface area contributed by atoms with Crippen LogP contribution < -0.4 is 9.21 Å². The molecule has 184 valence electrons. The van der Waals surface area contributed by atoms with Gasteiger partial charge in [-0.2, -0.15) is 0 Å². The summed E-state index contributed by atoms with van der Waals surface area (Å²) in [5, 5.41) is 1.13. The minimum atomic E-state index is -3.63. The van der Waals surface area contributed by atoms with Crippen molar-refractivity contribution in [2.75, 3.05) is 41.6 Å². The molecule has 1 aliphatic rings. The molecule has 0 saturated carbocycles. The average molecular weight is 553 g/mol. The monoisotopic (exact) mass is 551 g/mol. The zero-order valence-corrected chi connectivity index (χ0v) is 22.1. The molecule has 3 aromatic carbocycles. The lowest BCUT2D eigenvalue weighted by Crippen LogP contribution is -2.48. The molecule has 1 aliphatic heterocycles. The molecule has 0 bridgehead atoms. The number of anilines is 2. The van der Waals surface area contributed by atoms with Gasteiger partial charge < -0.3 is 9.80 Å². The highest BCUT2D eigenvalue weighted by molar-refractivity contribution is 7.92. The molecule has 0 aromatic heterocycles. The minimum Gasteiger partial charge on any atom is -0.368 e. The van der Waals surface area contributed by atoms with Gasteiger partial charge in [-0.15, -0.1) is 0 Å². The standard InChI is InChI=1S/C25H24Cl3N3O3S/c1-35(33,34)31(23-7-3-6-22(27)24(23)28)17-18-8-10-19(11-9-18)25(32)30-14-12-29(13-15-30)21-5-2-4-20(26)16-21/h2-11,16H,12-15,17H2,1H3. The van der Waals surface area contributed by atoms with Crippen LogP contribution in [-0.2, 0) is 16.6 Å². The first-order valence-electron chi connectivity index (χ1n) is 10.9. The van der Waals surface area contributed by atoms with Gasteiger partial charge in [-0.25, -0.2) is 8.42 Å². The van der Waals surface area contributed by atoms with E-state index in [4.69, 9.17) is 34.8 Å². The van der Waals surface area contributed by atoms with Crippen molar-refractivity contribution in [1.29, 1.82) is 0 Å². The molecular formula is C25H24Cl3N3O3S. The third-order valence-electron chi connectivity index (χ3n) is 5.87. The SMILES string of the molecule is CS(=O)(=O)N(Cc1ccc(C(=O)N2CCN(c3cccc(Cl)c3)CC2)cc1)c1cccc(Cl)c1Cl. The van der Waals surface area contributed by atoms with E-state index in [1.54, 1.807) is 42.5 Å². The average Bonchev–Trinajstić information content (AvgIpc) is 2.84. The number of carbonyl (C=O) groups excluding carboxylic acids is 1. The summed E-state index contributed by atoms with van der Waals surface area (Å²) in [5.74, 6) is -0.0554. The third kappa shape index (κ3) is 6.04. The molecule has 1 saturated heterocycles. The van der Waals surface area contributed by atoms with Crippen LogP contribution >= 0.6 is 34.8 Å². The molecule has 0 radical (unpaired) electrons. The topological polar surface area (TPSA) is 60.9 Å². The van der Waals surface area contributed by atoms with Crippen LogP contribution in [0.2, 0.25) is 15.1 Å². The fraction of sp³-hybridized carbons (Fsp3) is 0.240. The van der Waals surface area contributed by atoms with Gasteiger partial charge in [0.1, 0.15) is 0 Å². The Labute approximate surface area is 220 Å². The first-order valence-corrected chi connectivity index (χ1v) is 13.9. The van der Waals surface area contributed by atoms with E-state index < -0.39 is 10.0 Å². The van der Waals surface area contributed by atoms with Crippen LogP contribution in [0, 0.1) is 0 Å². The van der Waals surface area contributed by atoms with Crippen molar-refractivity contribution in [3.63, 3.8) is 0 Å². The molecule has 10 heteroatoms. The third-order valence-corrected chi connectivity index (χ3v) is 8.04. The molecule has 0 atom stereocenters. The molecule has 3 aromatic rings. The smallest absolute Gasteiger partial charge is 0.253 e. The summed E-state index contributed by atoms with van der Waals surface area (Å²) >= 11 is 18.5. The van der Waals surface area contributed by atoms with E-state index in [9.17, 15) is 13.2 Å². The number of amides is 1. The molecule has 0 N–H and O–H groups in total. The van der Waals surface area contributed by atoms with Crippen LogP contribution in [0.3, 0.4) is 0 Å². The predicted molar refractivity (Wildman–Crippen MR) is 143 cm³/mol. The van der Waals surface area contributed by atoms with Crippen molar-refractivity contribution < 1.29 is 13.2 Å². The number of halogens is 3. The number of hydrogen-bond acceptors (Lipinski definition) is 4. The summed E-state index contributed by atoms with van der Waals surface area (Å²) in [4.78, 5) is 17.1. The second-order valence-corrected chi connectivity index (χ2v) is 11.4. The van der Waals surface area contributed by atoms with Crippen molar-refractivity contribution in [2.45, 2.75) is 6.54 Å². The Morgan fingerprint density at radius 3 is 2.20 bits per heavy atom. The van der Waals surface area contributed by atoms with E-state index in [1.807, 2.05) is 29.2 Å². The fourth-order valence-corrected chi connectivity index (χ4v) is 5.53. The molecule has 0 unspecified atom stereocenters. The number of rotatable bonds is 6. The normalized spacial score (nSPS) is 14.2. The summed E-state index contributed by atoms with van der Waals surface area (Å²) in [6.07, 6.45) is 1.12. The van der Waals surface area contributed by atoms with Crippen molar-refractivity contribution in [1.82, 2.24) is 4.90 Å². The summed E-state index contributed by atoms with van der Waals surface area (Å²) in [6.45, 7) is 2.69. The Kier molecular flexibility index (Phi) is 7.81. The summed E-state index contributed by atoms with van der Waals surface area (Å²) in [6, 6.07) is 19.5. The number of piperazine rings is 1. The highest BCUT2D eigenvalue weighted by Crippen LogP contribution is 2.34. The molecular weight excluding hydrogens is 529 g/mol. The maximum absolute atomic E-state index is 13.0. The molecule has 0 spiro atoms. The van der Waals surface area contributed by atoms with Crippen LogP contribution in [0.1, 0.15) is 15.9 Å². The van der Waals surface area contributed by atoms with Gasteiger partial charge in [0.05, 0.1) is 28.5 Å². The zero-order valence-electron chi connectivity index (χ0n) is 19.0. The zero-order chi connectivity index (χ0) is 25.2. The van der Waals surface area contributed by atoms with E-state index in [2.05, 4.69) is 4.90 Å². The Hall–Kier alpha value is -2.45. The van der Waals surface area contributed by atoms with Crippen LogP contribution in [0.25, 0.3) is 0 Å². The molecule has 6 nitrogen and oxygen atoms in total. The number of nitrogens with zero attached hydrogens (tertiary/aromatic N) is 3. The molecule has 35 heavy (non-hydrogen) atoms. The maximum atomic E-state index is 13.0. The van der Waals surface area contributed by atoms with Gasteiger partial charge in [-0.3, -0.25) is 9.10 Å². The van der Waals surface area contributed by atoms with E-state index in [0.717, 1.165) is 11.9 Å². The largest absolute Gasteiger partial charge is 0.368 e. The first-order chi connectivity index (χ1) is 16.6. The quantitative estimate of drug-likeness (QED) is 0.401. The summed E-state index contributed by atoms with van der Waals surface area (Å²) in [5.41, 5.74) is 2.62. The Balaban J connectivity index is 1.43. The maximum Gasteiger partial charge on any atom is 0.253 e. The Bertz CT molecular complexity index is 1330. The van der Waals surface area contributed by atoms with Gasteiger partial charge >= 0.3 is 0 Å². The fourth-order valence-electron chi connectivity index (χ4n) is 4.01. The lowest BCUT2D eigenvalue weighted by molar-refractivity contribution is 0.0746. The number of sulfonamides is 1. The molecule has 1 heterocycles.